The molecule has 0 saturated carbocycles. The fourth-order valence-electron chi connectivity index (χ4n) is 4.34. The van der Waals surface area contributed by atoms with Crippen LogP contribution in [0.5, 0.6) is 0 Å². The number of carbonyl (C=O) groups excluding carboxylic acids is 1. The number of hydrogen-bond acceptors (Lipinski definition) is 7. The summed E-state index contributed by atoms with van der Waals surface area (Å²) in [5.41, 5.74) is 1.64. The van der Waals surface area contributed by atoms with Gasteiger partial charge in [-0.15, -0.1) is 0 Å². The smallest absolute Gasteiger partial charge is 0.334 e. The number of nitrogens with one attached hydrogen (secondary N) is 1. The highest BCUT2D eigenvalue weighted by atomic mass is 35.5. The molecule has 8 nitrogen and oxygen atoms in total. The minimum atomic E-state index is -0.747. The highest BCUT2D eigenvalue weighted by molar-refractivity contribution is 6.30. The molecule has 9 heteroatoms. The van der Waals surface area contributed by atoms with E-state index in [0.29, 0.717) is 5.02 Å². The molecule has 31 heavy (non-hydrogen) atoms. The Kier molecular flexibility index (Phi) is 5.75. The third-order valence-electron chi connectivity index (χ3n) is 5.68. The van der Waals surface area contributed by atoms with E-state index in [9.17, 15) is 14.9 Å². The molecule has 0 aliphatic carbocycles. The molecule has 1 saturated heterocycles. The minimum absolute atomic E-state index is 0.121. The lowest BCUT2D eigenvalue weighted by atomic mass is 9.78. The number of hydrogen-bond donors (Lipinski definition) is 1. The molecule has 1 aromatic heterocycles. The number of ether oxygens (including phenoxy) is 1. The normalized spacial score (nSPS) is 22.9. The molecule has 160 valence electrons. The van der Waals surface area contributed by atoms with Crippen LogP contribution in [-0.4, -0.2) is 29.2 Å². The molecule has 2 heterocycles. The lowest BCUT2D eigenvalue weighted by Crippen LogP contribution is -2.36. The molecule has 4 atom stereocenters. The van der Waals surface area contributed by atoms with E-state index in [0.717, 1.165) is 11.1 Å². The molecule has 2 aromatic carbocycles. The van der Waals surface area contributed by atoms with Gasteiger partial charge >= 0.3 is 11.7 Å². The number of nitro groups is 1. The molecule has 0 amide bonds. The predicted octanol–water partition coefficient (Wildman–Crippen LogP) is 4.30. The van der Waals surface area contributed by atoms with Gasteiger partial charge in [-0.2, -0.15) is 0 Å². The van der Waals surface area contributed by atoms with Crippen LogP contribution in [0.15, 0.2) is 59.1 Å². The summed E-state index contributed by atoms with van der Waals surface area (Å²) in [6, 6.07) is 15.2. The van der Waals surface area contributed by atoms with Gasteiger partial charge in [-0.25, -0.2) is 0 Å². The average Bonchev–Trinajstić information content (AvgIpc) is 3.35. The fourth-order valence-corrected chi connectivity index (χ4v) is 4.47. The zero-order valence-corrected chi connectivity index (χ0v) is 17.6. The fraction of sp³-hybridized carbons (Fsp3) is 0.273. The van der Waals surface area contributed by atoms with Gasteiger partial charge in [0.25, 0.3) is 0 Å². The summed E-state index contributed by atoms with van der Waals surface area (Å²) in [5.74, 6) is -1.42. The molecule has 1 fully saturated rings. The Hall–Kier alpha value is -3.23. The third kappa shape index (κ3) is 3.80. The van der Waals surface area contributed by atoms with E-state index in [2.05, 4.69) is 10.5 Å². The Morgan fingerprint density at radius 3 is 2.42 bits per heavy atom. The second-order valence-corrected chi connectivity index (χ2v) is 7.83. The Balaban J connectivity index is 1.93. The number of halogens is 1. The number of benzene rings is 2. The van der Waals surface area contributed by atoms with Crippen LogP contribution in [0.25, 0.3) is 0 Å². The van der Waals surface area contributed by atoms with Gasteiger partial charge in [0.1, 0.15) is 6.04 Å². The van der Waals surface area contributed by atoms with Crippen LogP contribution in [0.4, 0.5) is 5.69 Å². The van der Waals surface area contributed by atoms with Gasteiger partial charge in [0.2, 0.25) is 5.76 Å². The first-order valence-corrected chi connectivity index (χ1v) is 10.0. The van der Waals surface area contributed by atoms with Gasteiger partial charge in [0.05, 0.1) is 18.0 Å². The molecule has 1 N–H and O–H groups in total. The SMILES string of the molecule is COC(=O)[C@@H]1N[C@H](c2ccc(Cl)cc2)[C@@H](c2onc(C)c2[N+](=O)[O-])[C@@H]1c1ccccc1. The van der Waals surface area contributed by atoms with Crippen LogP contribution in [0, 0.1) is 17.0 Å². The van der Waals surface area contributed by atoms with Crippen LogP contribution in [0.1, 0.15) is 40.5 Å². The van der Waals surface area contributed by atoms with Crippen molar-refractivity contribution in [1.82, 2.24) is 10.5 Å². The van der Waals surface area contributed by atoms with Crippen LogP contribution >= 0.6 is 11.6 Å². The lowest BCUT2D eigenvalue weighted by Gasteiger charge is -2.23. The van der Waals surface area contributed by atoms with E-state index in [-0.39, 0.29) is 17.1 Å². The monoisotopic (exact) mass is 441 g/mol. The molecule has 0 bridgehead atoms. The van der Waals surface area contributed by atoms with Crippen LogP contribution in [0.3, 0.4) is 0 Å². The number of aromatic nitrogens is 1. The molecule has 0 radical (unpaired) electrons. The first kappa shape index (κ1) is 21.0. The Morgan fingerprint density at radius 2 is 1.81 bits per heavy atom. The van der Waals surface area contributed by atoms with Crippen molar-refractivity contribution < 1.29 is 19.0 Å². The maximum Gasteiger partial charge on any atom is 0.334 e. The third-order valence-corrected chi connectivity index (χ3v) is 5.93. The number of rotatable bonds is 5. The molecule has 0 unspecified atom stereocenters. The van der Waals surface area contributed by atoms with Gasteiger partial charge in [0.15, 0.2) is 5.69 Å². The number of nitrogens with zero attached hydrogens (tertiary/aromatic N) is 2. The number of carbonyl (C=O) groups is 1. The zero-order valence-electron chi connectivity index (χ0n) is 16.8. The van der Waals surface area contributed by atoms with Gasteiger partial charge in [-0.3, -0.25) is 20.2 Å². The van der Waals surface area contributed by atoms with Crippen molar-refractivity contribution in [1.29, 1.82) is 0 Å². The van der Waals surface area contributed by atoms with E-state index in [1.54, 1.807) is 12.1 Å². The maximum atomic E-state index is 12.7. The molecule has 0 spiro atoms. The second-order valence-electron chi connectivity index (χ2n) is 7.40. The minimum Gasteiger partial charge on any atom is -0.468 e. The largest absolute Gasteiger partial charge is 0.468 e. The van der Waals surface area contributed by atoms with E-state index in [4.69, 9.17) is 20.9 Å². The van der Waals surface area contributed by atoms with Gasteiger partial charge < -0.3 is 9.26 Å². The number of methoxy groups -OCH3 is 1. The van der Waals surface area contributed by atoms with Crippen molar-refractivity contribution in [2.75, 3.05) is 7.11 Å². The topological polar surface area (TPSA) is 108 Å². The van der Waals surface area contributed by atoms with Crippen LogP contribution in [0.2, 0.25) is 5.02 Å². The average molecular weight is 442 g/mol. The Bertz CT molecular complexity index is 1100. The van der Waals surface area contributed by atoms with E-state index >= 15 is 0 Å². The van der Waals surface area contributed by atoms with Gasteiger partial charge in [0, 0.05) is 17.0 Å². The Labute approximate surface area is 183 Å². The summed E-state index contributed by atoms with van der Waals surface area (Å²) in [5, 5.41) is 19.6. The van der Waals surface area contributed by atoms with Crippen LogP contribution < -0.4 is 5.32 Å². The summed E-state index contributed by atoms with van der Waals surface area (Å²) in [6.07, 6.45) is 0. The van der Waals surface area contributed by atoms with Crippen molar-refractivity contribution in [3.63, 3.8) is 0 Å². The van der Waals surface area contributed by atoms with Crippen molar-refractivity contribution in [3.05, 3.63) is 92.3 Å². The molecular weight excluding hydrogens is 422 g/mol. The molecule has 1 aliphatic heterocycles. The maximum absolute atomic E-state index is 12.7. The van der Waals surface area contributed by atoms with Crippen LogP contribution in [-0.2, 0) is 9.53 Å². The van der Waals surface area contributed by atoms with E-state index < -0.39 is 34.8 Å². The highest BCUT2D eigenvalue weighted by Crippen LogP contribution is 2.52. The first-order chi connectivity index (χ1) is 14.9. The first-order valence-electron chi connectivity index (χ1n) is 9.67. The van der Waals surface area contributed by atoms with Crippen molar-refractivity contribution in [3.8, 4) is 0 Å². The predicted molar refractivity (Wildman–Crippen MR) is 113 cm³/mol. The van der Waals surface area contributed by atoms with E-state index in [1.807, 2.05) is 42.5 Å². The molecule has 1 aliphatic rings. The second kappa shape index (κ2) is 8.49. The summed E-state index contributed by atoms with van der Waals surface area (Å²) >= 11 is 6.06. The van der Waals surface area contributed by atoms with E-state index in [1.165, 1.54) is 14.0 Å². The summed E-state index contributed by atoms with van der Waals surface area (Å²) in [7, 11) is 1.32. The number of aryl methyl sites for hydroxylation is 1. The van der Waals surface area contributed by atoms with Gasteiger partial charge in [-0.1, -0.05) is 59.2 Å². The molecule has 3 aromatic rings. The summed E-state index contributed by atoms with van der Waals surface area (Å²) < 4.78 is 10.6. The number of esters is 1. The lowest BCUT2D eigenvalue weighted by molar-refractivity contribution is -0.386. The summed E-state index contributed by atoms with van der Waals surface area (Å²) in [4.78, 5) is 24.1. The standard InChI is InChI=1S/C22H20ClN3O5/c1-12-20(26(28)29)21(31-25-12)17-16(13-6-4-3-5-7-13)19(22(27)30-2)24-18(17)14-8-10-15(23)11-9-14/h3-11,16-19,24H,1-2H3/t16-,17-,18+,19+/m0/s1. The Morgan fingerprint density at radius 1 is 1.13 bits per heavy atom. The van der Waals surface area contributed by atoms with Crippen molar-refractivity contribution in [2.45, 2.75) is 30.8 Å². The van der Waals surface area contributed by atoms with Gasteiger partial charge in [-0.05, 0) is 30.2 Å². The highest BCUT2D eigenvalue weighted by Gasteiger charge is 2.52. The molecule has 4 rings (SSSR count). The summed E-state index contributed by atoms with van der Waals surface area (Å²) in [6.45, 7) is 1.53. The van der Waals surface area contributed by atoms with Crippen molar-refractivity contribution >= 4 is 23.3 Å². The quantitative estimate of drug-likeness (QED) is 0.357. The zero-order chi connectivity index (χ0) is 22.1. The van der Waals surface area contributed by atoms with Crippen molar-refractivity contribution in [2.24, 2.45) is 0 Å². The molecular formula is C22H20ClN3O5.